The minimum absolute atomic E-state index is 0.145. The van der Waals surface area contributed by atoms with E-state index >= 15 is 0 Å². The standard InChI is InChI=1S/C15H17ClN2O2/c16-13-6-2-1-5-12(13)11-20-14-7-3-9-18(15(14)19)10-4-8-17/h1-3,5-7,9H,4,8,10-11,17H2. The van der Waals surface area contributed by atoms with Crippen molar-refractivity contribution in [1.82, 2.24) is 4.57 Å². The van der Waals surface area contributed by atoms with Gasteiger partial charge in [-0.2, -0.15) is 0 Å². The number of nitrogens with zero attached hydrogens (tertiary/aromatic N) is 1. The fourth-order valence-electron chi connectivity index (χ4n) is 1.83. The average Bonchev–Trinajstić information content (AvgIpc) is 2.46. The third-order valence-electron chi connectivity index (χ3n) is 2.93. The Kier molecular flexibility index (Phi) is 5.21. The molecule has 2 N–H and O–H groups in total. The number of rotatable bonds is 6. The van der Waals surface area contributed by atoms with Crippen LogP contribution in [-0.4, -0.2) is 11.1 Å². The third kappa shape index (κ3) is 3.62. The lowest BCUT2D eigenvalue weighted by molar-refractivity contribution is 0.299. The van der Waals surface area contributed by atoms with Crippen LogP contribution in [0.1, 0.15) is 12.0 Å². The van der Waals surface area contributed by atoms with Crippen molar-refractivity contribution >= 4 is 11.6 Å². The average molecular weight is 293 g/mol. The highest BCUT2D eigenvalue weighted by molar-refractivity contribution is 6.31. The van der Waals surface area contributed by atoms with Crippen LogP contribution in [0.15, 0.2) is 47.4 Å². The van der Waals surface area contributed by atoms with Crippen LogP contribution in [0, 0.1) is 0 Å². The summed E-state index contributed by atoms with van der Waals surface area (Å²) in [4.78, 5) is 12.1. The summed E-state index contributed by atoms with van der Waals surface area (Å²) in [5.74, 6) is 0.324. The lowest BCUT2D eigenvalue weighted by Crippen LogP contribution is -2.22. The number of benzene rings is 1. The Morgan fingerprint density at radius 2 is 2.00 bits per heavy atom. The molecule has 5 heteroatoms. The van der Waals surface area contributed by atoms with Gasteiger partial charge < -0.3 is 15.0 Å². The summed E-state index contributed by atoms with van der Waals surface area (Å²) in [6, 6.07) is 10.9. The number of ether oxygens (including phenoxy) is 1. The molecule has 4 nitrogen and oxygen atoms in total. The van der Waals surface area contributed by atoms with Crippen molar-refractivity contribution in [1.29, 1.82) is 0 Å². The number of aryl methyl sites for hydroxylation is 1. The SMILES string of the molecule is NCCCn1cccc(OCc2ccccc2Cl)c1=O. The number of aromatic nitrogens is 1. The van der Waals surface area contributed by atoms with Crippen molar-refractivity contribution in [2.24, 2.45) is 5.73 Å². The number of hydrogen-bond acceptors (Lipinski definition) is 3. The molecule has 0 radical (unpaired) electrons. The highest BCUT2D eigenvalue weighted by atomic mass is 35.5. The molecule has 0 atom stereocenters. The minimum Gasteiger partial charge on any atom is -0.483 e. The normalized spacial score (nSPS) is 10.5. The summed E-state index contributed by atoms with van der Waals surface area (Å²) >= 11 is 6.05. The molecule has 20 heavy (non-hydrogen) atoms. The predicted molar refractivity (Wildman–Crippen MR) is 80.2 cm³/mol. The quantitative estimate of drug-likeness (QED) is 0.889. The van der Waals surface area contributed by atoms with E-state index in [9.17, 15) is 4.79 Å². The monoisotopic (exact) mass is 292 g/mol. The molecule has 0 aliphatic heterocycles. The van der Waals surface area contributed by atoms with Gasteiger partial charge in [-0.1, -0.05) is 29.8 Å². The molecule has 0 aliphatic carbocycles. The van der Waals surface area contributed by atoms with E-state index in [4.69, 9.17) is 22.1 Å². The van der Waals surface area contributed by atoms with Gasteiger partial charge in [0.05, 0.1) is 0 Å². The largest absolute Gasteiger partial charge is 0.483 e. The van der Waals surface area contributed by atoms with E-state index in [2.05, 4.69) is 0 Å². The van der Waals surface area contributed by atoms with Gasteiger partial charge in [-0.25, -0.2) is 0 Å². The lowest BCUT2D eigenvalue weighted by atomic mass is 10.2. The van der Waals surface area contributed by atoms with Gasteiger partial charge in [0.15, 0.2) is 5.75 Å². The molecule has 0 saturated heterocycles. The molecule has 0 saturated carbocycles. The van der Waals surface area contributed by atoms with Gasteiger partial charge >= 0.3 is 0 Å². The molecular formula is C15H17ClN2O2. The molecule has 0 fully saturated rings. The van der Waals surface area contributed by atoms with E-state index in [0.29, 0.717) is 23.9 Å². The maximum atomic E-state index is 12.1. The highest BCUT2D eigenvalue weighted by Crippen LogP contribution is 2.16. The fourth-order valence-corrected chi connectivity index (χ4v) is 2.02. The van der Waals surface area contributed by atoms with Crippen LogP contribution in [0.2, 0.25) is 5.02 Å². The summed E-state index contributed by atoms with van der Waals surface area (Å²) in [6.45, 7) is 1.42. The van der Waals surface area contributed by atoms with Gasteiger partial charge in [0.1, 0.15) is 6.61 Å². The Morgan fingerprint density at radius 3 is 2.75 bits per heavy atom. The molecule has 2 aromatic rings. The van der Waals surface area contributed by atoms with Crippen molar-refractivity contribution < 1.29 is 4.74 Å². The second-order valence-corrected chi connectivity index (χ2v) is 4.80. The first-order valence-corrected chi connectivity index (χ1v) is 6.86. The molecule has 1 heterocycles. The highest BCUT2D eigenvalue weighted by Gasteiger charge is 2.06. The maximum Gasteiger partial charge on any atom is 0.292 e. The van der Waals surface area contributed by atoms with Crippen LogP contribution in [0.25, 0.3) is 0 Å². The van der Waals surface area contributed by atoms with Gasteiger partial charge in [-0.3, -0.25) is 4.79 Å². The predicted octanol–water partition coefficient (Wildman–Crippen LogP) is 2.43. The first kappa shape index (κ1) is 14.6. The van der Waals surface area contributed by atoms with E-state index in [0.717, 1.165) is 12.0 Å². The first-order chi connectivity index (χ1) is 9.72. The Bertz CT molecular complexity index is 625. The molecule has 0 amide bonds. The van der Waals surface area contributed by atoms with Crippen molar-refractivity contribution in [3.05, 3.63) is 63.5 Å². The van der Waals surface area contributed by atoms with Crippen LogP contribution in [0.5, 0.6) is 5.75 Å². The number of pyridine rings is 1. The second kappa shape index (κ2) is 7.12. The Balaban J connectivity index is 2.10. The van der Waals surface area contributed by atoms with Crippen LogP contribution < -0.4 is 16.0 Å². The van der Waals surface area contributed by atoms with Crippen LogP contribution in [0.3, 0.4) is 0 Å². The van der Waals surface area contributed by atoms with E-state index in [-0.39, 0.29) is 12.2 Å². The van der Waals surface area contributed by atoms with Crippen LogP contribution >= 0.6 is 11.6 Å². The summed E-state index contributed by atoms with van der Waals surface area (Å²) < 4.78 is 7.18. The molecule has 0 aliphatic rings. The van der Waals surface area contributed by atoms with Gasteiger partial charge in [-0.05, 0) is 31.2 Å². The summed E-state index contributed by atoms with van der Waals surface area (Å²) in [6.07, 6.45) is 2.49. The topological polar surface area (TPSA) is 57.2 Å². The Labute approximate surface area is 122 Å². The zero-order chi connectivity index (χ0) is 14.4. The van der Waals surface area contributed by atoms with Crippen molar-refractivity contribution in [3.8, 4) is 5.75 Å². The van der Waals surface area contributed by atoms with Gasteiger partial charge in [0.25, 0.3) is 5.56 Å². The van der Waals surface area contributed by atoms with Crippen molar-refractivity contribution in [2.45, 2.75) is 19.6 Å². The van der Waals surface area contributed by atoms with Crippen molar-refractivity contribution in [2.75, 3.05) is 6.54 Å². The molecule has 0 unspecified atom stereocenters. The van der Waals surface area contributed by atoms with E-state index in [1.54, 1.807) is 29.0 Å². The van der Waals surface area contributed by atoms with Gasteiger partial charge in [0.2, 0.25) is 0 Å². The van der Waals surface area contributed by atoms with Crippen molar-refractivity contribution in [3.63, 3.8) is 0 Å². The summed E-state index contributed by atoms with van der Waals surface area (Å²) in [5.41, 5.74) is 6.16. The minimum atomic E-state index is -0.145. The second-order valence-electron chi connectivity index (χ2n) is 4.39. The molecule has 2 rings (SSSR count). The zero-order valence-electron chi connectivity index (χ0n) is 11.1. The zero-order valence-corrected chi connectivity index (χ0v) is 11.8. The molecular weight excluding hydrogens is 276 g/mol. The Hall–Kier alpha value is -1.78. The smallest absolute Gasteiger partial charge is 0.292 e. The van der Waals surface area contributed by atoms with Gasteiger partial charge in [0, 0.05) is 23.3 Å². The van der Waals surface area contributed by atoms with Crippen LogP contribution in [0.4, 0.5) is 0 Å². The molecule has 106 valence electrons. The first-order valence-electron chi connectivity index (χ1n) is 6.48. The number of hydrogen-bond donors (Lipinski definition) is 1. The molecule has 0 spiro atoms. The fraction of sp³-hybridized carbons (Fsp3) is 0.267. The third-order valence-corrected chi connectivity index (χ3v) is 3.30. The maximum absolute atomic E-state index is 12.1. The summed E-state index contributed by atoms with van der Waals surface area (Å²) in [5, 5.41) is 0.631. The van der Waals surface area contributed by atoms with Gasteiger partial charge in [-0.15, -0.1) is 0 Å². The van der Waals surface area contributed by atoms with E-state index in [1.165, 1.54) is 0 Å². The number of halogens is 1. The molecule has 1 aromatic carbocycles. The van der Waals surface area contributed by atoms with Crippen LogP contribution in [-0.2, 0) is 13.2 Å². The molecule has 1 aromatic heterocycles. The summed E-state index contributed by atoms with van der Waals surface area (Å²) in [7, 11) is 0. The number of nitrogens with two attached hydrogens (primary N) is 1. The van der Waals surface area contributed by atoms with E-state index in [1.807, 2.05) is 18.2 Å². The lowest BCUT2D eigenvalue weighted by Gasteiger charge is -2.10. The Morgan fingerprint density at radius 1 is 1.20 bits per heavy atom. The molecule has 0 bridgehead atoms. The van der Waals surface area contributed by atoms with E-state index < -0.39 is 0 Å².